The van der Waals surface area contributed by atoms with Gasteiger partial charge in [0.2, 0.25) is 0 Å². The van der Waals surface area contributed by atoms with Crippen LogP contribution in [-0.2, 0) is 4.79 Å². The molecule has 0 saturated heterocycles. The molecule has 0 heterocycles. The molecule has 1 N–H and O–H groups in total. The smallest absolute Gasteiger partial charge is 0.355 e. The number of carbonyl (C=O) groups is 1. The first-order valence-electron chi connectivity index (χ1n) is 6.23. The molecule has 0 unspecified atom stereocenters. The summed E-state index contributed by atoms with van der Waals surface area (Å²) in [5, 5.41) is 9.29. The number of benzene rings is 2. The predicted molar refractivity (Wildman–Crippen MR) is 81.0 cm³/mol. The van der Waals surface area contributed by atoms with E-state index < -0.39 is 5.97 Å². The van der Waals surface area contributed by atoms with Crippen LogP contribution in [0.2, 0.25) is 0 Å². The molecule has 0 spiro atoms. The van der Waals surface area contributed by atoms with Crippen molar-refractivity contribution in [3.63, 3.8) is 0 Å². The van der Waals surface area contributed by atoms with Gasteiger partial charge in [-0.05, 0) is 24.3 Å². The van der Waals surface area contributed by atoms with Gasteiger partial charge in [0, 0.05) is 25.3 Å². The Kier molecular flexibility index (Phi) is 4.15. The van der Waals surface area contributed by atoms with E-state index in [-0.39, 0.29) is 5.71 Å². The van der Waals surface area contributed by atoms with Crippen molar-refractivity contribution in [1.82, 2.24) is 0 Å². The van der Waals surface area contributed by atoms with Crippen LogP contribution in [0.5, 0.6) is 0 Å². The molecule has 20 heavy (non-hydrogen) atoms. The predicted octanol–water partition coefficient (Wildman–Crippen LogP) is 2.96. The van der Waals surface area contributed by atoms with Crippen LogP contribution >= 0.6 is 0 Å². The maximum atomic E-state index is 11.3. The van der Waals surface area contributed by atoms with Gasteiger partial charge in [0.1, 0.15) is 0 Å². The number of carboxylic acids is 1. The minimum atomic E-state index is -1.03. The summed E-state index contributed by atoms with van der Waals surface area (Å²) < 4.78 is 0. The molecular formula is C16H16N2O2. The normalized spacial score (nSPS) is 11.2. The van der Waals surface area contributed by atoms with Crippen molar-refractivity contribution < 1.29 is 9.90 Å². The molecule has 0 aliphatic carbocycles. The van der Waals surface area contributed by atoms with Gasteiger partial charge in [0.05, 0.1) is 5.69 Å². The number of hydrogen-bond donors (Lipinski definition) is 1. The SMILES string of the molecule is CN(C)c1ccc(N=C(C(=O)O)c2ccccc2)cc1. The van der Waals surface area contributed by atoms with E-state index in [9.17, 15) is 9.90 Å². The van der Waals surface area contributed by atoms with Crippen LogP contribution in [0.4, 0.5) is 11.4 Å². The molecule has 2 aromatic rings. The zero-order chi connectivity index (χ0) is 14.5. The maximum Gasteiger partial charge on any atom is 0.355 e. The Morgan fingerprint density at radius 3 is 2.10 bits per heavy atom. The largest absolute Gasteiger partial charge is 0.476 e. The molecule has 0 atom stereocenters. The van der Waals surface area contributed by atoms with Crippen molar-refractivity contribution in [3.05, 3.63) is 60.2 Å². The third-order valence-corrected chi connectivity index (χ3v) is 2.86. The summed E-state index contributed by atoms with van der Waals surface area (Å²) in [4.78, 5) is 17.5. The molecule has 4 heteroatoms. The molecule has 0 aliphatic rings. The van der Waals surface area contributed by atoms with E-state index in [1.807, 2.05) is 37.2 Å². The van der Waals surface area contributed by atoms with Crippen molar-refractivity contribution in [1.29, 1.82) is 0 Å². The number of anilines is 1. The van der Waals surface area contributed by atoms with E-state index in [1.165, 1.54) is 0 Å². The van der Waals surface area contributed by atoms with Gasteiger partial charge in [-0.15, -0.1) is 0 Å². The van der Waals surface area contributed by atoms with Crippen LogP contribution in [0.3, 0.4) is 0 Å². The van der Waals surface area contributed by atoms with Crippen molar-refractivity contribution in [2.45, 2.75) is 0 Å². The number of hydrogen-bond acceptors (Lipinski definition) is 3. The molecule has 0 radical (unpaired) electrons. The minimum Gasteiger partial charge on any atom is -0.476 e. The Bertz CT molecular complexity index is 617. The lowest BCUT2D eigenvalue weighted by atomic mass is 10.1. The van der Waals surface area contributed by atoms with Crippen molar-refractivity contribution in [2.24, 2.45) is 4.99 Å². The number of nitrogens with zero attached hydrogens (tertiary/aromatic N) is 2. The Balaban J connectivity index is 2.37. The third-order valence-electron chi connectivity index (χ3n) is 2.86. The van der Waals surface area contributed by atoms with Crippen LogP contribution in [0.15, 0.2) is 59.6 Å². The van der Waals surface area contributed by atoms with E-state index in [2.05, 4.69) is 4.99 Å². The van der Waals surface area contributed by atoms with Gasteiger partial charge in [-0.1, -0.05) is 30.3 Å². The monoisotopic (exact) mass is 268 g/mol. The summed E-state index contributed by atoms with van der Waals surface area (Å²) in [5.41, 5.74) is 2.30. The second-order valence-electron chi connectivity index (χ2n) is 4.54. The van der Waals surface area contributed by atoms with E-state index in [0.717, 1.165) is 5.69 Å². The highest BCUT2D eigenvalue weighted by atomic mass is 16.4. The number of aliphatic imine (C=N–C) groups is 1. The molecule has 2 aromatic carbocycles. The van der Waals surface area contributed by atoms with Gasteiger partial charge in [0.25, 0.3) is 0 Å². The van der Waals surface area contributed by atoms with Crippen LogP contribution in [0.1, 0.15) is 5.56 Å². The van der Waals surface area contributed by atoms with Crippen molar-refractivity contribution >= 4 is 23.1 Å². The van der Waals surface area contributed by atoms with Crippen LogP contribution in [0.25, 0.3) is 0 Å². The van der Waals surface area contributed by atoms with Crippen LogP contribution < -0.4 is 4.90 Å². The molecule has 0 amide bonds. The zero-order valence-corrected chi connectivity index (χ0v) is 11.4. The highest BCUT2D eigenvalue weighted by molar-refractivity contribution is 6.43. The van der Waals surface area contributed by atoms with Gasteiger partial charge < -0.3 is 10.0 Å². The Morgan fingerprint density at radius 1 is 1.00 bits per heavy atom. The minimum absolute atomic E-state index is 0.0446. The topological polar surface area (TPSA) is 52.9 Å². The molecule has 0 saturated carbocycles. The summed E-state index contributed by atoms with van der Waals surface area (Å²) in [6.07, 6.45) is 0. The molecule has 2 rings (SSSR count). The van der Waals surface area contributed by atoms with Gasteiger partial charge in [0.15, 0.2) is 5.71 Å². The van der Waals surface area contributed by atoms with Gasteiger partial charge in [-0.25, -0.2) is 9.79 Å². The quantitative estimate of drug-likeness (QED) is 0.867. The summed E-state index contributed by atoms with van der Waals surface area (Å²) in [6.45, 7) is 0. The summed E-state index contributed by atoms with van der Waals surface area (Å²) in [5.74, 6) is -1.03. The standard InChI is InChI=1S/C16H16N2O2/c1-18(2)14-10-8-13(9-11-14)17-15(16(19)20)12-6-4-3-5-7-12/h3-11H,1-2H3,(H,19,20). The molecule has 4 nitrogen and oxygen atoms in total. The second kappa shape index (κ2) is 6.02. The highest BCUT2D eigenvalue weighted by Crippen LogP contribution is 2.19. The first-order chi connectivity index (χ1) is 9.58. The molecule has 0 fully saturated rings. The number of rotatable bonds is 4. The Morgan fingerprint density at radius 2 is 1.60 bits per heavy atom. The Labute approximate surface area is 118 Å². The molecule has 102 valence electrons. The van der Waals surface area contributed by atoms with Gasteiger partial charge in [-0.3, -0.25) is 0 Å². The molecule has 0 bridgehead atoms. The second-order valence-corrected chi connectivity index (χ2v) is 4.54. The highest BCUT2D eigenvalue weighted by Gasteiger charge is 2.12. The molecular weight excluding hydrogens is 252 g/mol. The Hall–Kier alpha value is -2.62. The lowest BCUT2D eigenvalue weighted by Gasteiger charge is -2.11. The van der Waals surface area contributed by atoms with E-state index in [1.54, 1.807) is 36.4 Å². The fourth-order valence-electron chi connectivity index (χ4n) is 1.79. The number of aliphatic carboxylic acids is 1. The van der Waals surface area contributed by atoms with Crippen LogP contribution in [0, 0.1) is 0 Å². The average molecular weight is 268 g/mol. The zero-order valence-electron chi connectivity index (χ0n) is 11.4. The average Bonchev–Trinajstić information content (AvgIpc) is 2.46. The summed E-state index contributed by atoms with van der Waals surface area (Å²) in [7, 11) is 3.90. The fourth-order valence-corrected chi connectivity index (χ4v) is 1.79. The molecule has 0 aliphatic heterocycles. The number of carboxylic acid groups (broad SMARTS) is 1. The van der Waals surface area contributed by atoms with Crippen LogP contribution in [-0.4, -0.2) is 30.9 Å². The lowest BCUT2D eigenvalue weighted by Crippen LogP contribution is -2.14. The maximum absolute atomic E-state index is 11.3. The molecule has 0 aromatic heterocycles. The van der Waals surface area contributed by atoms with E-state index >= 15 is 0 Å². The summed E-state index contributed by atoms with van der Waals surface area (Å²) in [6, 6.07) is 16.3. The van der Waals surface area contributed by atoms with Crippen molar-refractivity contribution in [2.75, 3.05) is 19.0 Å². The third kappa shape index (κ3) is 3.23. The lowest BCUT2D eigenvalue weighted by molar-refractivity contribution is -0.129. The van der Waals surface area contributed by atoms with E-state index in [0.29, 0.717) is 11.3 Å². The van der Waals surface area contributed by atoms with Crippen molar-refractivity contribution in [3.8, 4) is 0 Å². The van der Waals surface area contributed by atoms with Gasteiger partial charge in [-0.2, -0.15) is 0 Å². The van der Waals surface area contributed by atoms with Gasteiger partial charge >= 0.3 is 5.97 Å². The van der Waals surface area contributed by atoms with E-state index in [4.69, 9.17) is 0 Å². The summed E-state index contributed by atoms with van der Waals surface area (Å²) >= 11 is 0. The first kappa shape index (κ1) is 13.8. The first-order valence-corrected chi connectivity index (χ1v) is 6.23. The fraction of sp³-hybridized carbons (Fsp3) is 0.125.